The first-order valence-corrected chi connectivity index (χ1v) is 3.30. The van der Waals surface area contributed by atoms with Crippen molar-refractivity contribution in [3.8, 4) is 0 Å². The molecule has 9 heavy (non-hydrogen) atoms. The summed E-state index contributed by atoms with van der Waals surface area (Å²) in [6.45, 7) is 3.71. The number of hydrogen-bond donors (Lipinski definition) is 0. The van der Waals surface area contributed by atoms with E-state index in [0.717, 1.165) is 18.7 Å². The van der Waals surface area contributed by atoms with Crippen molar-refractivity contribution in [3.05, 3.63) is 6.92 Å². The molecule has 52 valence electrons. The van der Waals surface area contributed by atoms with E-state index in [1.165, 1.54) is 12.8 Å². The van der Waals surface area contributed by atoms with Gasteiger partial charge in [-0.1, -0.05) is 12.8 Å². The molecule has 0 atom stereocenters. The molecule has 0 aliphatic rings. The molecule has 0 aromatic heterocycles. The van der Waals surface area contributed by atoms with E-state index in [0.29, 0.717) is 0 Å². The van der Waals surface area contributed by atoms with Crippen LogP contribution in [0.5, 0.6) is 0 Å². The quantitative estimate of drug-likeness (QED) is 0.255. The van der Waals surface area contributed by atoms with Crippen molar-refractivity contribution in [2.45, 2.75) is 25.7 Å². The zero-order valence-corrected chi connectivity index (χ0v) is 9.46. The standard InChI is InChI=1S/C6H12Cl.BrH.Mg/c1-2-3-4-5-6-7;;/h1-6H2;1H;/q-1;;+2/p-1. The maximum Gasteiger partial charge on any atom is 2.00 e. The molecular formula is C6H12BrClMg. The van der Waals surface area contributed by atoms with Crippen LogP contribution in [0.25, 0.3) is 0 Å². The molecule has 0 saturated heterocycles. The Balaban J connectivity index is -0.000000180. The largest absolute Gasteiger partial charge is 2.00 e. The Hall–Kier alpha value is 1.54. The molecule has 0 saturated carbocycles. The van der Waals surface area contributed by atoms with Gasteiger partial charge in [-0.3, -0.25) is 0 Å². The Morgan fingerprint density at radius 3 is 2.00 bits per heavy atom. The van der Waals surface area contributed by atoms with Crippen molar-refractivity contribution in [1.29, 1.82) is 0 Å². The second-order valence-corrected chi connectivity index (χ2v) is 1.98. The van der Waals surface area contributed by atoms with Gasteiger partial charge in [0.05, 0.1) is 0 Å². The zero-order chi connectivity index (χ0) is 5.54. The van der Waals surface area contributed by atoms with Crippen LogP contribution >= 0.6 is 11.6 Å². The molecule has 0 unspecified atom stereocenters. The van der Waals surface area contributed by atoms with Crippen molar-refractivity contribution < 1.29 is 17.0 Å². The minimum absolute atomic E-state index is 0. The van der Waals surface area contributed by atoms with Crippen molar-refractivity contribution in [2.75, 3.05) is 5.88 Å². The third-order valence-corrected chi connectivity index (χ3v) is 1.15. The van der Waals surface area contributed by atoms with Crippen LogP contribution in [0.1, 0.15) is 25.7 Å². The molecule has 0 aliphatic heterocycles. The van der Waals surface area contributed by atoms with Gasteiger partial charge in [-0.15, -0.1) is 11.6 Å². The second kappa shape index (κ2) is 16.3. The number of hydrogen-bond acceptors (Lipinski definition) is 0. The predicted octanol–water partition coefficient (Wildman–Crippen LogP) is -0.757. The van der Waals surface area contributed by atoms with Crippen LogP contribution in [0.4, 0.5) is 0 Å². The summed E-state index contributed by atoms with van der Waals surface area (Å²) in [5.41, 5.74) is 0. The fourth-order valence-corrected chi connectivity index (χ4v) is 0.637. The molecule has 0 spiro atoms. The Morgan fingerprint density at radius 2 is 1.67 bits per heavy atom. The van der Waals surface area contributed by atoms with E-state index in [2.05, 4.69) is 6.92 Å². The summed E-state index contributed by atoms with van der Waals surface area (Å²) in [5, 5.41) is 0. The first-order chi connectivity index (χ1) is 3.41. The van der Waals surface area contributed by atoms with E-state index < -0.39 is 0 Å². The summed E-state index contributed by atoms with van der Waals surface area (Å²) in [4.78, 5) is 0. The Morgan fingerprint density at radius 1 is 1.11 bits per heavy atom. The molecule has 0 radical (unpaired) electrons. The van der Waals surface area contributed by atoms with Crippen LogP contribution < -0.4 is 17.0 Å². The van der Waals surface area contributed by atoms with Crippen LogP contribution in [0.3, 0.4) is 0 Å². The number of alkyl halides is 1. The molecule has 0 bridgehead atoms. The summed E-state index contributed by atoms with van der Waals surface area (Å²) < 4.78 is 0. The van der Waals surface area contributed by atoms with Crippen molar-refractivity contribution in [1.82, 2.24) is 0 Å². The van der Waals surface area contributed by atoms with E-state index in [1.54, 1.807) is 0 Å². The van der Waals surface area contributed by atoms with Crippen molar-refractivity contribution in [2.24, 2.45) is 0 Å². The van der Waals surface area contributed by atoms with Crippen molar-refractivity contribution in [3.63, 3.8) is 0 Å². The minimum Gasteiger partial charge on any atom is -1.00 e. The van der Waals surface area contributed by atoms with Gasteiger partial charge >= 0.3 is 23.1 Å². The molecule has 0 heterocycles. The zero-order valence-electron chi connectivity index (χ0n) is 5.71. The fourth-order valence-electron chi connectivity index (χ4n) is 0.448. The van der Waals surface area contributed by atoms with Crippen molar-refractivity contribution >= 4 is 34.7 Å². The molecule has 0 N–H and O–H groups in total. The molecular weight excluding hydrogens is 212 g/mol. The SMILES string of the molecule is [Br-].[CH2-]CCCCCCl.[Mg+2]. The Bertz CT molecular complexity index is 32.2. The summed E-state index contributed by atoms with van der Waals surface area (Å²) in [7, 11) is 0. The van der Waals surface area contributed by atoms with Crippen LogP contribution in [0.15, 0.2) is 0 Å². The van der Waals surface area contributed by atoms with Gasteiger partial charge in [0.15, 0.2) is 0 Å². The molecule has 0 aliphatic carbocycles. The van der Waals surface area contributed by atoms with E-state index >= 15 is 0 Å². The van der Waals surface area contributed by atoms with Gasteiger partial charge in [-0.05, 0) is 6.42 Å². The fraction of sp³-hybridized carbons (Fsp3) is 0.833. The first-order valence-electron chi connectivity index (χ1n) is 2.77. The molecule has 0 nitrogen and oxygen atoms in total. The minimum atomic E-state index is 0. The molecule has 0 aromatic carbocycles. The molecule has 0 fully saturated rings. The summed E-state index contributed by atoms with van der Waals surface area (Å²) in [6.07, 6.45) is 4.67. The van der Waals surface area contributed by atoms with E-state index in [4.69, 9.17) is 11.6 Å². The van der Waals surface area contributed by atoms with E-state index in [1.807, 2.05) is 0 Å². The van der Waals surface area contributed by atoms with Crippen LogP contribution in [-0.2, 0) is 0 Å². The molecule has 3 heteroatoms. The predicted molar refractivity (Wildman–Crippen MR) is 40.3 cm³/mol. The third kappa shape index (κ3) is 17.7. The molecule has 0 amide bonds. The summed E-state index contributed by atoms with van der Waals surface area (Å²) in [5.74, 6) is 0.806. The van der Waals surface area contributed by atoms with Crippen LogP contribution in [-0.4, -0.2) is 28.9 Å². The first kappa shape index (κ1) is 16.9. The maximum absolute atomic E-state index is 5.42. The van der Waals surface area contributed by atoms with Crippen LogP contribution in [0, 0.1) is 6.92 Å². The smallest absolute Gasteiger partial charge is 1.00 e. The monoisotopic (exact) mass is 222 g/mol. The number of unbranched alkanes of at least 4 members (excludes halogenated alkanes) is 3. The topological polar surface area (TPSA) is 0 Å². The van der Waals surface area contributed by atoms with Gasteiger partial charge in [-0.2, -0.15) is 6.42 Å². The Kier molecular flexibility index (Phi) is 30.5. The normalized spacial score (nSPS) is 7.33. The van der Waals surface area contributed by atoms with Crippen LogP contribution in [0.2, 0.25) is 0 Å². The number of halogens is 2. The summed E-state index contributed by atoms with van der Waals surface area (Å²) >= 11 is 5.42. The van der Waals surface area contributed by atoms with Gasteiger partial charge in [0, 0.05) is 5.88 Å². The number of rotatable bonds is 4. The van der Waals surface area contributed by atoms with E-state index in [-0.39, 0.29) is 40.0 Å². The molecule has 0 aromatic rings. The van der Waals surface area contributed by atoms with Gasteiger partial charge < -0.3 is 23.9 Å². The van der Waals surface area contributed by atoms with Gasteiger partial charge in [0.25, 0.3) is 0 Å². The Labute approximate surface area is 89.6 Å². The average molecular weight is 224 g/mol. The third-order valence-electron chi connectivity index (χ3n) is 0.884. The van der Waals surface area contributed by atoms with Gasteiger partial charge in [0.2, 0.25) is 0 Å². The second-order valence-electron chi connectivity index (χ2n) is 1.60. The van der Waals surface area contributed by atoms with Gasteiger partial charge in [0.1, 0.15) is 0 Å². The van der Waals surface area contributed by atoms with E-state index in [9.17, 15) is 0 Å². The van der Waals surface area contributed by atoms with Gasteiger partial charge in [-0.25, -0.2) is 0 Å². The maximum atomic E-state index is 5.42. The summed E-state index contributed by atoms with van der Waals surface area (Å²) in [6, 6.07) is 0. The molecule has 0 rings (SSSR count). The average Bonchev–Trinajstić information content (AvgIpc) is 1.69.